The van der Waals surface area contributed by atoms with Crippen molar-refractivity contribution in [2.24, 2.45) is 0 Å². The first-order valence-corrected chi connectivity index (χ1v) is 13.6. The topological polar surface area (TPSA) is 65.1 Å². The maximum Gasteiger partial charge on any atom is 0.293 e. The largest absolute Gasteiger partial charge is 0.493 e. The minimum absolute atomic E-state index is 0.145. The van der Waals surface area contributed by atoms with E-state index >= 15 is 0 Å². The molecular formula is C30H23Cl2NO5S. The second-order valence-electron chi connectivity index (χ2n) is 8.56. The highest BCUT2D eigenvalue weighted by atomic mass is 35.5. The molecule has 0 aliphatic carbocycles. The van der Waals surface area contributed by atoms with Crippen LogP contribution in [0.1, 0.15) is 11.1 Å². The summed E-state index contributed by atoms with van der Waals surface area (Å²) in [5.41, 5.74) is 1.36. The predicted octanol–water partition coefficient (Wildman–Crippen LogP) is 7.85. The van der Waals surface area contributed by atoms with Crippen molar-refractivity contribution in [2.45, 2.75) is 6.61 Å². The molecule has 1 heterocycles. The first-order valence-electron chi connectivity index (χ1n) is 12.0. The normalized spacial score (nSPS) is 14.3. The van der Waals surface area contributed by atoms with Crippen LogP contribution in [-0.4, -0.2) is 36.3 Å². The number of ether oxygens (including phenoxy) is 3. The molecule has 4 aromatic carbocycles. The first kappa shape index (κ1) is 26.9. The van der Waals surface area contributed by atoms with Crippen molar-refractivity contribution in [1.29, 1.82) is 0 Å². The van der Waals surface area contributed by atoms with Crippen molar-refractivity contribution in [2.75, 3.05) is 20.3 Å². The molecule has 0 atom stereocenters. The second-order valence-corrected chi connectivity index (χ2v) is 10.4. The molecule has 1 fully saturated rings. The number of benzene rings is 4. The third-order valence-electron chi connectivity index (χ3n) is 6.11. The molecule has 1 saturated heterocycles. The molecular weight excluding hydrogens is 557 g/mol. The Labute approximate surface area is 240 Å². The minimum atomic E-state index is -0.362. The van der Waals surface area contributed by atoms with E-state index in [0.29, 0.717) is 43.3 Å². The summed E-state index contributed by atoms with van der Waals surface area (Å²) in [5, 5.41) is 2.72. The molecule has 6 nitrogen and oxygen atoms in total. The zero-order valence-corrected chi connectivity index (χ0v) is 23.2. The summed E-state index contributed by atoms with van der Waals surface area (Å²) in [5.74, 6) is 1.31. The van der Waals surface area contributed by atoms with Crippen LogP contribution in [0.3, 0.4) is 0 Å². The molecule has 0 saturated carbocycles. The third kappa shape index (κ3) is 6.01. The number of amides is 2. The fraction of sp³-hybridized carbons (Fsp3) is 0.133. The first-order chi connectivity index (χ1) is 18.9. The summed E-state index contributed by atoms with van der Waals surface area (Å²) in [6.45, 7) is 0.495. The van der Waals surface area contributed by atoms with E-state index < -0.39 is 0 Å². The van der Waals surface area contributed by atoms with Crippen LogP contribution < -0.4 is 14.2 Å². The van der Waals surface area contributed by atoms with Crippen molar-refractivity contribution < 1.29 is 23.8 Å². The van der Waals surface area contributed by atoms with Crippen LogP contribution in [0, 0.1) is 0 Å². The van der Waals surface area contributed by atoms with Gasteiger partial charge in [-0.3, -0.25) is 14.5 Å². The number of rotatable bonds is 9. The van der Waals surface area contributed by atoms with Crippen molar-refractivity contribution in [3.05, 3.63) is 105 Å². The van der Waals surface area contributed by atoms with E-state index in [1.807, 2.05) is 42.5 Å². The molecule has 5 rings (SSSR count). The number of carbonyl (C=O) groups is 2. The SMILES string of the molecule is COc1cc(/C=C2\SC(=O)N(CCOc3cccc4ccccc34)C2=O)ccc1OCc1c(Cl)cccc1Cl. The molecule has 0 unspecified atom stereocenters. The van der Waals surface area contributed by atoms with Crippen LogP contribution in [0.5, 0.6) is 17.2 Å². The summed E-state index contributed by atoms with van der Waals surface area (Å²) in [4.78, 5) is 27.1. The van der Waals surface area contributed by atoms with Gasteiger partial charge in [0, 0.05) is 21.0 Å². The van der Waals surface area contributed by atoms with Crippen LogP contribution >= 0.6 is 35.0 Å². The van der Waals surface area contributed by atoms with Gasteiger partial charge in [0.1, 0.15) is 19.0 Å². The number of carbonyl (C=O) groups excluding carboxylic acids is 2. The van der Waals surface area contributed by atoms with Gasteiger partial charge in [0.05, 0.1) is 18.6 Å². The fourth-order valence-corrected chi connectivity index (χ4v) is 5.50. The monoisotopic (exact) mass is 579 g/mol. The number of nitrogens with zero attached hydrogens (tertiary/aromatic N) is 1. The average Bonchev–Trinajstić information content (AvgIpc) is 3.20. The Morgan fingerprint density at radius 2 is 1.59 bits per heavy atom. The van der Waals surface area contributed by atoms with E-state index in [1.165, 1.54) is 12.0 Å². The van der Waals surface area contributed by atoms with Crippen LogP contribution in [0.4, 0.5) is 4.79 Å². The molecule has 39 heavy (non-hydrogen) atoms. The van der Waals surface area contributed by atoms with Gasteiger partial charge < -0.3 is 14.2 Å². The van der Waals surface area contributed by atoms with Crippen LogP contribution in [-0.2, 0) is 11.4 Å². The number of hydrogen-bond donors (Lipinski definition) is 0. The zero-order valence-electron chi connectivity index (χ0n) is 20.9. The van der Waals surface area contributed by atoms with E-state index in [9.17, 15) is 9.59 Å². The van der Waals surface area contributed by atoms with E-state index in [2.05, 4.69) is 0 Å². The van der Waals surface area contributed by atoms with Gasteiger partial charge in [-0.05, 0) is 59.1 Å². The summed E-state index contributed by atoms with van der Waals surface area (Å²) < 4.78 is 17.3. The number of fused-ring (bicyclic) bond motifs is 1. The number of hydrogen-bond acceptors (Lipinski definition) is 6. The van der Waals surface area contributed by atoms with Gasteiger partial charge in [-0.1, -0.05) is 71.7 Å². The van der Waals surface area contributed by atoms with Gasteiger partial charge in [0.25, 0.3) is 11.1 Å². The average molecular weight is 580 g/mol. The Bertz CT molecular complexity index is 1560. The lowest BCUT2D eigenvalue weighted by molar-refractivity contribution is -0.123. The Morgan fingerprint density at radius 1 is 0.846 bits per heavy atom. The number of thioether (sulfide) groups is 1. The highest BCUT2D eigenvalue weighted by Gasteiger charge is 2.34. The van der Waals surface area contributed by atoms with Gasteiger partial charge in [0.2, 0.25) is 0 Å². The Morgan fingerprint density at radius 3 is 2.38 bits per heavy atom. The van der Waals surface area contributed by atoms with Crippen molar-refractivity contribution in [1.82, 2.24) is 4.90 Å². The van der Waals surface area contributed by atoms with Crippen molar-refractivity contribution in [3.63, 3.8) is 0 Å². The fourth-order valence-electron chi connectivity index (χ4n) is 4.13. The maximum absolute atomic E-state index is 13.0. The summed E-state index contributed by atoms with van der Waals surface area (Å²) in [6, 6.07) is 24.2. The number of halogens is 2. The Hall–Kier alpha value is -3.65. The molecule has 4 aromatic rings. The Kier molecular flexibility index (Phi) is 8.31. The second kappa shape index (κ2) is 12.0. The predicted molar refractivity (Wildman–Crippen MR) is 156 cm³/mol. The molecule has 1 aliphatic heterocycles. The van der Waals surface area contributed by atoms with Gasteiger partial charge >= 0.3 is 0 Å². The van der Waals surface area contributed by atoms with Crippen LogP contribution in [0.2, 0.25) is 10.0 Å². The molecule has 198 valence electrons. The molecule has 0 bridgehead atoms. The van der Waals surface area contributed by atoms with Gasteiger partial charge in [-0.25, -0.2) is 0 Å². The molecule has 1 aliphatic rings. The lowest BCUT2D eigenvalue weighted by Crippen LogP contribution is -2.32. The molecule has 0 spiro atoms. The van der Waals surface area contributed by atoms with Gasteiger partial charge in [-0.2, -0.15) is 0 Å². The van der Waals surface area contributed by atoms with Crippen molar-refractivity contribution >= 4 is 63.0 Å². The summed E-state index contributed by atoms with van der Waals surface area (Å²) in [6.07, 6.45) is 1.66. The molecule has 2 amide bonds. The van der Waals surface area contributed by atoms with E-state index in [0.717, 1.165) is 22.5 Å². The molecule has 9 heteroatoms. The van der Waals surface area contributed by atoms with Crippen LogP contribution in [0.15, 0.2) is 83.8 Å². The van der Waals surface area contributed by atoms with Crippen molar-refractivity contribution in [3.8, 4) is 17.2 Å². The van der Waals surface area contributed by atoms with Gasteiger partial charge in [0.15, 0.2) is 11.5 Å². The summed E-state index contributed by atoms with van der Waals surface area (Å²) >= 11 is 13.4. The third-order valence-corrected chi connectivity index (χ3v) is 7.73. The number of imide groups is 1. The maximum atomic E-state index is 13.0. The standard InChI is InChI=1S/C30H23Cl2NO5S/c1-36-27-16-19(12-13-26(27)38-18-22-23(31)9-5-10-24(22)32)17-28-29(34)33(30(35)39-28)14-15-37-25-11-4-7-20-6-2-3-8-21(20)25/h2-13,16-17H,14-15,18H2,1H3/b28-17-. The zero-order chi connectivity index (χ0) is 27.4. The van der Waals surface area contributed by atoms with Gasteiger partial charge in [-0.15, -0.1) is 0 Å². The highest BCUT2D eigenvalue weighted by molar-refractivity contribution is 8.18. The molecule has 0 radical (unpaired) electrons. The Balaban J connectivity index is 1.24. The molecule has 0 aromatic heterocycles. The van der Waals surface area contributed by atoms with Crippen LogP contribution in [0.25, 0.3) is 16.8 Å². The van der Waals surface area contributed by atoms with E-state index in [1.54, 1.807) is 42.5 Å². The minimum Gasteiger partial charge on any atom is -0.493 e. The quantitative estimate of drug-likeness (QED) is 0.188. The molecule has 0 N–H and O–H groups in total. The highest BCUT2D eigenvalue weighted by Crippen LogP contribution is 2.35. The smallest absolute Gasteiger partial charge is 0.293 e. The van der Waals surface area contributed by atoms with E-state index in [-0.39, 0.29) is 30.9 Å². The lowest BCUT2D eigenvalue weighted by Gasteiger charge is -2.14. The summed E-state index contributed by atoms with van der Waals surface area (Å²) in [7, 11) is 1.53. The lowest BCUT2D eigenvalue weighted by atomic mass is 10.1. The van der Waals surface area contributed by atoms with E-state index in [4.69, 9.17) is 37.4 Å². The number of methoxy groups -OCH3 is 1.